The fraction of sp³-hybridized carbons (Fsp3) is 0.357. The fourth-order valence-corrected chi connectivity index (χ4v) is 3.99. The smallest absolute Gasteiger partial charge is 0.186 e. The predicted octanol–water partition coefficient (Wildman–Crippen LogP) is 4.11. The van der Waals surface area contributed by atoms with Crippen LogP contribution in [0, 0.1) is 0 Å². The molecular formula is C28H32O6. The van der Waals surface area contributed by atoms with Gasteiger partial charge in [-0.25, -0.2) is 0 Å². The first-order valence-corrected chi connectivity index (χ1v) is 11.5. The number of benzene rings is 3. The Kier molecular flexibility index (Phi) is 9.21. The lowest BCUT2D eigenvalue weighted by Crippen LogP contribution is -2.60. The standard InChI is InChI=1S/C28H32O6/c1-30-28-27(33-19-23-15-9-4-10-16-23)26(32-18-22-13-7-3-8-14-22)25(29)24(34-28)20-31-17-21-11-5-2-6-12-21/h2-16,24-29H,17-20H2,1H3/t24?,25-,26?,27?,28+/m0/s1. The Morgan fingerprint density at radius 3 is 1.65 bits per heavy atom. The molecule has 0 bridgehead atoms. The molecule has 1 fully saturated rings. The van der Waals surface area contributed by atoms with Gasteiger partial charge in [0, 0.05) is 7.11 Å². The van der Waals surface area contributed by atoms with Crippen LogP contribution in [-0.4, -0.2) is 49.5 Å². The lowest BCUT2D eigenvalue weighted by Gasteiger charge is -2.43. The Morgan fingerprint density at radius 1 is 0.676 bits per heavy atom. The fourth-order valence-electron chi connectivity index (χ4n) is 3.99. The van der Waals surface area contributed by atoms with Crippen LogP contribution in [0.2, 0.25) is 0 Å². The summed E-state index contributed by atoms with van der Waals surface area (Å²) in [5.74, 6) is 0. The van der Waals surface area contributed by atoms with Crippen LogP contribution in [-0.2, 0) is 43.5 Å². The molecule has 0 saturated carbocycles. The van der Waals surface area contributed by atoms with E-state index in [9.17, 15) is 5.11 Å². The van der Waals surface area contributed by atoms with Gasteiger partial charge in [-0.3, -0.25) is 0 Å². The molecule has 5 atom stereocenters. The van der Waals surface area contributed by atoms with Gasteiger partial charge in [-0.1, -0.05) is 91.0 Å². The molecule has 34 heavy (non-hydrogen) atoms. The minimum Gasteiger partial charge on any atom is -0.387 e. The van der Waals surface area contributed by atoms with Gasteiger partial charge >= 0.3 is 0 Å². The average Bonchev–Trinajstić information content (AvgIpc) is 2.89. The number of rotatable bonds is 11. The molecule has 4 rings (SSSR count). The molecule has 0 aromatic heterocycles. The minimum atomic E-state index is -0.952. The maximum atomic E-state index is 11.2. The number of hydrogen-bond donors (Lipinski definition) is 1. The Bertz CT molecular complexity index is 952. The molecule has 1 heterocycles. The second-order valence-corrected chi connectivity index (χ2v) is 8.29. The lowest BCUT2D eigenvalue weighted by molar-refractivity contribution is -0.315. The van der Waals surface area contributed by atoms with E-state index in [0.29, 0.717) is 19.8 Å². The van der Waals surface area contributed by atoms with E-state index < -0.39 is 30.7 Å². The zero-order valence-corrected chi connectivity index (χ0v) is 19.4. The van der Waals surface area contributed by atoms with E-state index in [-0.39, 0.29) is 6.61 Å². The van der Waals surface area contributed by atoms with Gasteiger partial charge < -0.3 is 28.8 Å². The Labute approximate surface area is 201 Å². The molecule has 1 aliphatic heterocycles. The highest BCUT2D eigenvalue weighted by Gasteiger charge is 2.47. The van der Waals surface area contributed by atoms with Crippen LogP contribution in [0.15, 0.2) is 91.0 Å². The first-order valence-electron chi connectivity index (χ1n) is 11.5. The summed E-state index contributed by atoms with van der Waals surface area (Å²) in [7, 11) is 1.57. The molecule has 0 aliphatic carbocycles. The van der Waals surface area contributed by atoms with Crippen molar-refractivity contribution in [1.82, 2.24) is 0 Å². The maximum absolute atomic E-state index is 11.2. The largest absolute Gasteiger partial charge is 0.387 e. The molecule has 0 amide bonds. The van der Waals surface area contributed by atoms with Crippen molar-refractivity contribution in [3.8, 4) is 0 Å². The topological polar surface area (TPSA) is 66.4 Å². The molecular weight excluding hydrogens is 432 g/mol. The Balaban J connectivity index is 1.44. The molecule has 3 aromatic carbocycles. The molecule has 6 nitrogen and oxygen atoms in total. The van der Waals surface area contributed by atoms with E-state index >= 15 is 0 Å². The van der Waals surface area contributed by atoms with Gasteiger partial charge in [-0.15, -0.1) is 0 Å². The highest BCUT2D eigenvalue weighted by Crippen LogP contribution is 2.28. The van der Waals surface area contributed by atoms with Crippen molar-refractivity contribution in [2.75, 3.05) is 13.7 Å². The second kappa shape index (κ2) is 12.8. The van der Waals surface area contributed by atoms with Crippen molar-refractivity contribution in [2.24, 2.45) is 0 Å². The summed E-state index contributed by atoms with van der Waals surface area (Å²) >= 11 is 0. The van der Waals surface area contributed by atoms with Crippen molar-refractivity contribution >= 4 is 0 Å². The third-order valence-corrected chi connectivity index (χ3v) is 5.82. The maximum Gasteiger partial charge on any atom is 0.186 e. The first kappa shape index (κ1) is 24.5. The van der Waals surface area contributed by atoms with Crippen molar-refractivity contribution in [1.29, 1.82) is 0 Å². The first-order chi connectivity index (χ1) is 16.7. The van der Waals surface area contributed by atoms with Crippen LogP contribution in [0.3, 0.4) is 0 Å². The van der Waals surface area contributed by atoms with Crippen molar-refractivity contribution in [3.63, 3.8) is 0 Å². The molecule has 1 saturated heterocycles. The normalized spacial score (nSPS) is 24.7. The number of hydrogen-bond acceptors (Lipinski definition) is 6. The van der Waals surface area contributed by atoms with E-state index in [2.05, 4.69) is 0 Å². The summed E-state index contributed by atoms with van der Waals surface area (Å²) in [6.45, 7) is 1.31. The van der Waals surface area contributed by atoms with Crippen LogP contribution in [0.1, 0.15) is 16.7 Å². The monoisotopic (exact) mass is 464 g/mol. The van der Waals surface area contributed by atoms with Gasteiger partial charge in [0.05, 0.1) is 26.4 Å². The van der Waals surface area contributed by atoms with Crippen molar-refractivity contribution < 1.29 is 28.8 Å². The van der Waals surface area contributed by atoms with E-state index in [1.165, 1.54) is 0 Å². The SMILES string of the molecule is CO[C@@H]1OC(COCc2ccccc2)[C@H](O)C(OCc2ccccc2)C1OCc1ccccc1. The van der Waals surface area contributed by atoms with Crippen molar-refractivity contribution in [2.45, 2.75) is 50.5 Å². The molecule has 0 radical (unpaired) electrons. The van der Waals surface area contributed by atoms with Crippen molar-refractivity contribution in [3.05, 3.63) is 108 Å². The molecule has 6 heteroatoms. The number of aliphatic hydroxyl groups is 1. The molecule has 1 aliphatic rings. The highest BCUT2D eigenvalue weighted by molar-refractivity contribution is 5.15. The third-order valence-electron chi connectivity index (χ3n) is 5.82. The van der Waals surface area contributed by atoms with Gasteiger partial charge in [0.2, 0.25) is 0 Å². The van der Waals surface area contributed by atoms with Crippen LogP contribution < -0.4 is 0 Å². The zero-order valence-electron chi connectivity index (χ0n) is 19.4. The number of ether oxygens (including phenoxy) is 5. The number of aliphatic hydroxyl groups excluding tert-OH is 1. The molecule has 0 spiro atoms. The molecule has 3 aromatic rings. The van der Waals surface area contributed by atoms with E-state index in [4.69, 9.17) is 23.7 Å². The van der Waals surface area contributed by atoms with Gasteiger partial charge in [0.1, 0.15) is 24.4 Å². The highest BCUT2D eigenvalue weighted by atomic mass is 16.7. The number of methoxy groups -OCH3 is 1. The third kappa shape index (κ3) is 6.73. The van der Waals surface area contributed by atoms with E-state index in [1.807, 2.05) is 91.0 Å². The van der Waals surface area contributed by atoms with Gasteiger partial charge in [0.15, 0.2) is 6.29 Å². The Morgan fingerprint density at radius 2 is 1.15 bits per heavy atom. The minimum absolute atomic E-state index is 0.201. The quantitative estimate of drug-likeness (QED) is 0.461. The summed E-state index contributed by atoms with van der Waals surface area (Å²) in [4.78, 5) is 0. The summed E-state index contributed by atoms with van der Waals surface area (Å²) in [5, 5.41) is 11.2. The molecule has 3 unspecified atom stereocenters. The van der Waals surface area contributed by atoms with E-state index in [1.54, 1.807) is 7.11 Å². The average molecular weight is 465 g/mol. The van der Waals surface area contributed by atoms with Gasteiger partial charge in [0.25, 0.3) is 0 Å². The van der Waals surface area contributed by atoms with Crippen LogP contribution >= 0.6 is 0 Å². The van der Waals surface area contributed by atoms with Crippen LogP contribution in [0.5, 0.6) is 0 Å². The van der Waals surface area contributed by atoms with Gasteiger partial charge in [-0.05, 0) is 16.7 Å². The van der Waals surface area contributed by atoms with Crippen LogP contribution in [0.4, 0.5) is 0 Å². The summed E-state index contributed by atoms with van der Waals surface area (Å²) < 4.78 is 30.0. The molecule has 1 N–H and O–H groups in total. The summed E-state index contributed by atoms with van der Waals surface area (Å²) in [5.41, 5.74) is 3.08. The van der Waals surface area contributed by atoms with Gasteiger partial charge in [-0.2, -0.15) is 0 Å². The lowest BCUT2D eigenvalue weighted by atomic mass is 9.98. The van der Waals surface area contributed by atoms with Crippen LogP contribution in [0.25, 0.3) is 0 Å². The Hall–Kier alpha value is -2.58. The predicted molar refractivity (Wildman–Crippen MR) is 128 cm³/mol. The zero-order chi connectivity index (χ0) is 23.6. The summed E-state index contributed by atoms with van der Waals surface area (Å²) in [6, 6.07) is 29.6. The molecule has 180 valence electrons. The van der Waals surface area contributed by atoms with E-state index in [0.717, 1.165) is 16.7 Å². The summed E-state index contributed by atoms with van der Waals surface area (Å²) in [6.07, 6.45) is -3.56. The second-order valence-electron chi connectivity index (χ2n) is 8.29.